The number of nitrogens with zero attached hydrogens (tertiary/aromatic N) is 3. The van der Waals surface area contributed by atoms with E-state index in [0.29, 0.717) is 0 Å². The van der Waals surface area contributed by atoms with Crippen LogP contribution in [-0.2, 0) is 4.74 Å². The smallest absolute Gasteiger partial charge is 0.280 e. The SMILES string of the molecule is Nc1nc2c(nc(Cl)n2C2OC(CO)C(O)C2O)c(=O)[nH]1.O.O. The van der Waals surface area contributed by atoms with Crippen molar-refractivity contribution in [1.82, 2.24) is 19.5 Å². The lowest BCUT2D eigenvalue weighted by Gasteiger charge is -2.17. The normalized spacial score (nSPS) is 26.8. The van der Waals surface area contributed by atoms with Crippen molar-refractivity contribution in [3.63, 3.8) is 0 Å². The number of aromatic nitrogens is 4. The summed E-state index contributed by atoms with van der Waals surface area (Å²) in [6.07, 6.45) is -4.83. The lowest BCUT2D eigenvalue weighted by molar-refractivity contribution is -0.0509. The molecule has 0 saturated carbocycles. The second kappa shape index (κ2) is 6.76. The van der Waals surface area contributed by atoms with Gasteiger partial charge >= 0.3 is 0 Å². The van der Waals surface area contributed by atoms with Gasteiger partial charge in [0.25, 0.3) is 5.56 Å². The number of nitrogens with one attached hydrogen (secondary N) is 1. The highest BCUT2D eigenvalue weighted by Gasteiger charge is 2.44. The number of H-pyrrole nitrogens is 1. The first-order valence-electron chi connectivity index (χ1n) is 5.99. The molecule has 4 unspecified atom stereocenters. The monoisotopic (exact) mass is 353 g/mol. The predicted molar refractivity (Wildman–Crippen MR) is 77.8 cm³/mol. The van der Waals surface area contributed by atoms with E-state index in [1.54, 1.807) is 0 Å². The van der Waals surface area contributed by atoms with Crippen LogP contribution in [0.2, 0.25) is 5.28 Å². The van der Waals surface area contributed by atoms with Crippen molar-refractivity contribution in [2.75, 3.05) is 12.3 Å². The number of halogens is 1. The van der Waals surface area contributed by atoms with Gasteiger partial charge in [-0.2, -0.15) is 4.98 Å². The molecule has 1 aliphatic rings. The van der Waals surface area contributed by atoms with Gasteiger partial charge in [0.15, 0.2) is 17.4 Å². The molecular weight excluding hydrogens is 338 g/mol. The number of hydrogen-bond acceptors (Lipinski definition) is 8. The minimum absolute atomic E-state index is 0. The Morgan fingerprint density at radius 3 is 2.52 bits per heavy atom. The van der Waals surface area contributed by atoms with E-state index >= 15 is 0 Å². The summed E-state index contributed by atoms with van der Waals surface area (Å²) in [5, 5.41) is 28.7. The number of aromatic amines is 1. The van der Waals surface area contributed by atoms with E-state index in [-0.39, 0.29) is 33.3 Å². The Morgan fingerprint density at radius 1 is 1.30 bits per heavy atom. The highest BCUT2D eigenvalue weighted by Crippen LogP contribution is 2.33. The summed E-state index contributed by atoms with van der Waals surface area (Å²) in [6.45, 7) is -0.491. The second-order valence-electron chi connectivity index (χ2n) is 4.60. The van der Waals surface area contributed by atoms with Gasteiger partial charge in [0.1, 0.15) is 18.3 Å². The Hall–Kier alpha value is -1.80. The summed E-state index contributed by atoms with van der Waals surface area (Å²) in [6, 6.07) is 0. The quantitative estimate of drug-likeness (QED) is 0.337. The summed E-state index contributed by atoms with van der Waals surface area (Å²) >= 11 is 5.96. The second-order valence-corrected chi connectivity index (χ2v) is 4.94. The number of nitrogen functional groups attached to an aromatic ring is 1. The summed E-state index contributed by atoms with van der Waals surface area (Å²) in [5.74, 6) is -0.155. The van der Waals surface area contributed by atoms with Crippen LogP contribution in [0, 0.1) is 0 Å². The summed E-state index contributed by atoms with van der Waals surface area (Å²) in [4.78, 5) is 21.8. The van der Waals surface area contributed by atoms with Crippen LogP contribution in [0.1, 0.15) is 6.23 Å². The van der Waals surface area contributed by atoms with Gasteiger partial charge in [-0.1, -0.05) is 0 Å². The van der Waals surface area contributed by atoms with Gasteiger partial charge in [-0.3, -0.25) is 14.3 Å². The molecule has 4 atom stereocenters. The molecule has 10 N–H and O–H groups in total. The van der Waals surface area contributed by atoms with Gasteiger partial charge in [0, 0.05) is 0 Å². The molecule has 13 heteroatoms. The largest absolute Gasteiger partial charge is 0.412 e. The zero-order valence-electron chi connectivity index (χ0n) is 11.5. The van der Waals surface area contributed by atoms with Gasteiger partial charge < -0.3 is 36.7 Å². The summed E-state index contributed by atoms with van der Waals surface area (Å²) in [7, 11) is 0. The van der Waals surface area contributed by atoms with Gasteiger partial charge in [0.2, 0.25) is 11.2 Å². The Bertz CT molecular complexity index is 749. The molecule has 0 radical (unpaired) electrons. The average Bonchev–Trinajstić information content (AvgIpc) is 2.89. The highest BCUT2D eigenvalue weighted by molar-refractivity contribution is 6.29. The first-order chi connectivity index (χ1) is 9.93. The lowest BCUT2D eigenvalue weighted by Crippen LogP contribution is -2.33. The van der Waals surface area contributed by atoms with Crippen LogP contribution in [0.15, 0.2) is 4.79 Å². The zero-order valence-corrected chi connectivity index (χ0v) is 12.2. The van der Waals surface area contributed by atoms with E-state index in [9.17, 15) is 15.0 Å². The molecule has 23 heavy (non-hydrogen) atoms. The Kier molecular flexibility index (Phi) is 5.65. The van der Waals surface area contributed by atoms with Crippen LogP contribution in [0.25, 0.3) is 11.2 Å². The van der Waals surface area contributed by atoms with Crippen molar-refractivity contribution in [2.24, 2.45) is 0 Å². The van der Waals surface area contributed by atoms with E-state index in [2.05, 4.69) is 15.0 Å². The molecule has 130 valence electrons. The minimum Gasteiger partial charge on any atom is -0.412 e. The Balaban J connectivity index is 0.00000132. The predicted octanol–water partition coefficient (Wildman–Crippen LogP) is -3.68. The fraction of sp³-hybridized carbons (Fsp3) is 0.500. The highest BCUT2D eigenvalue weighted by atomic mass is 35.5. The zero-order chi connectivity index (χ0) is 15.3. The van der Waals surface area contributed by atoms with E-state index < -0.39 is 36.7 Å². The van der Waals surface area contributed by atoms with Crippen LogP contribution in [0.5, 0.6) is 0 Å². The minimum atomic E-state index is -1.38. The standard InChI is InChI=1S/C10H12ClN5O5.2H2O/c11-9-13-3-6(14-10(12)15-7(3)20)16(9)8-5(19)4(18)2(1-17)21-8;;/h2,4-5,8,17-19H,1H2,(H3,12,14,15,20);2*1H2. The van der Waals surface area contributed by atoms with Gasteiger partial charge in [-0.25, -0.2) is 4.98 Å². The van der Waals surface area contributed by atoms with Gasteiger partial charge in [-0.15, -0.1) is 0 Å². The third-order valence-electron chi connectivity index (χ3n) is 3.30. The maximum Gasteiger partial charge on any atom is 0.280 e. The van der Waals surface area contributed by atoms with Crippen molar-refractivity contribution < 1.29 is 31.0 Å². The lowest BCUT2D eigenvalue weighted by atomic mass is 10.1. The van der Waals surface area contributed by atoms with Crippen molar-refractivity contribution >= 4 is 28.7 Å². The molecule has 1 fully saturated rings. The van der Waals surface area contributed by atoms with E-state index in [4.69, 9.17) is 27.2 Å². The number of anilines is 1. The van der Waals surface area contributed by atoms with Crippen molar-refractivity contribution in [2.45, 2.75) is 24.5 Å². The first-order valence-corrected chi connectivity index (χ1v) is 6.37. The summed E-state index contributed by atoms with van der Waals surface area (Å²) in [5.41, 5.74) is 4.81. The van der Waals surface area contributed by atoms with E-state index in [0.717, 1.165) is 4.57 Å². The molecule has 0 amide bonds. The molecule has 2 aromatic rings. The van der Waals surface area contributed by atoms with Crippen molar-refractivity contribution in [3.05, 3.63) is 15.6 Å². The molecule has 1 aliphatic heterocycles. The van der Waals surface area contributed by atoms with Crippen LogP contribution < -0.4 is 11.3 Å². The van der Waals surface area contributed by atoms with Crippen molar-refractivity contribution in [3.8, 4) is 0 Å². The fourth-order valence-electron chi connectivity index (χ4n) is 2.29. The number of aliphatic hydroxyl groups is 3. The van der Waals surface area contributed by atoms with E-state index in [1.165, 1.54) is 0 Å². The van der Waals surface area contributed by atoms with Gasteiger partial charge in [0.05, 0.1) is 6.61 Å². The number of rotatable bonds is 2. The maximum atomic E-state index is 11.7. The molecule has 12 nitrogen and oxygen atoms in total. The number of ether oxygens (including phenoxy) is 1. The number of hydrogen-bond donors (Lipinski definition) is 5. The number of nitrogens with two attached hydrogens (primary N) is 1. The molecule has 2 aromatic heterocycles. The Morgan fingerprint density at radius 2 is 1.96 bits per heavy atom. The molecule has 0 aromatic carbocycles. The van der Waals surface area contributed by atoms with Crippen LogP contribution in [-0.4, -0.2) is 70.7 Å². The third-order valence-corrected chi connectivity index (χ3v) is 3.56. The number of aliphatic hydroxyl groups excluding tert-OH is 3. The number of imidazole rings is 1. The molecular formula is C10H16ClN5O7. The number of fused-ring (bicyclic) bond motifs is 1. The van der Waals surface area contributed by atoms with Crippen LogP contribution >= 0.6 is 11.6 Å². The molecule has 0 aliphatic carbocycles. The molecule has 1 saturated heterocycles. The Labute approximate surface area is 132 Å². The van der Waals surface area contributed by atoms with Crippen molar-refractivity contribution in [1.29, 1.82) is 0 Å². The van der Waals surface area contributed by atoms with Crippen LogP contribution in [0.3, 0.4) is 0 Å². The first kappa shape index (κ1) is 19.2. The van der Waals surface area contributed by atoms with E-state index in [1.807, 2.05) is 0 Å². The maximum absolute atomic E-state index is 11.7. The average molecular weight is 354 g/mol. The molecule has 0 spiro atoms. The molecule has 3 rings (SSSR count). The fourth-order valence-corrected chi connectivity index (χ4v) is 2.55. The molecule has 3 heterocycles. The van der Waals surface area contributed by atoms with Gasteiger partial charge in [-0.05, 0) is 11.6 Å². The molecule has 0 bridgehead atoms. The third kappa shape index (κ3) is 2.88. The van der Waals surface area contributed by atoms with Crippen LogP contribution in [0.4, 0.5) is 5.95 Å². The summed E-state index contributed by atoms with van der Waals surface area (Å²) < 4.78 is 6.49. The topological polar surface area (TPSA) is 223 Å².